The number of ketones is 1. The third kappa shape index (κ3) is 5.28. The van der Waals surface area contributed by atoms with Gasteiger partial charge in [0.1, 0.15) is 11.6 Å². The molecule has 0 aromatic carbocycles. The number of fused-ring (bicyclic) bond motifs is 2. The highest BCUT2D eigenvalue weighted by molar-refractivity contribution is 7.28. The number of pyridine rings is 1. The summed E-state index contributed by atoms with van der Waals surface area (Å²) in [7, 11) is 2.95. The molecule has 0 radical (unpaired) electrons. The van der Waals surface area contributed by atoms with E-state index in [1.54, 1.807) is 0 Å². The van der Waals surface area contributed by atoms with Crippen molar-refractivity contribution in [3.63, 3.8) is 0 Å². The summed E-state index contributed by atoms with van der Waals surface area (Å²) < 4.78 is 0. The maximum absolute atomic E-state index is 14.1. The standard InChI is InChI=1S/C32H43ClN5OP/c1-7-18(5)27(39)25(19(6)32(8-2)12-13-32)21-10-9-20-15-35-30(28(40)26(20)24(21)17(3)4)37-29-22-16-34-14-11-23(22)36-31(33)38-29/h15,17-18,34H,7-14,16,40H2,1-6H3,(H,35,36,37,38)/b25-19-. The van der Waals surface area contributed by atoms with Crippen LogP contribution < -0.4 is 15.9 Å². The molecule has 0 amide bonds. The number of carbonyl (C=O) groups excluding carboxylic acids is 1. The molecular weight excluding hydrogens is 537 g/mol. The fourth-order valence-electron chi connectivity index (χ4n) is 6.55. The van der Waals surface area contributed by atoms with E-state index in [4.69, 9.17) is 16.6 Å². The Labute approximate surface area is 246 Å². The fourth-order valence-corrected chi connectivity index (χ4v) is 7.22. The van der Waals surface area contributed by atoms with Gasteiger partial charge in [0, 0.05) is 48.1 Å². The highest BCUT2D eigenvalue weighted by Gasteiger charge is 2.45. The molecule has 2 aromatic rings. The smallest absolute Gasteiger partial charge is 0.224 e. The van der Waals surface area contributed by atoms with E-state index in [2.05, 4.69) is 71.4 Å². The van der Waals surface area contributed by atoms with Crippen molar-refractivity contribution in [3.8, 4) is 0 Å². The first-order valence-electron chi connectivity index (χ1n) is 14.9. The number of Topliss-reactive ketones (excluding diaryl/α,β-unsaturated/α-hetero) is 1. The minimum absolute atomic E-state index is 0.00681. The summed E-state index contributed by atoms with van der Waals surface area (Å²) in [6.45, 7) is 14.8. The van der Waals surface area contributed by atoms with Crippen molar-refractivity contribution in [2.75, 3.05) is 11.9 Å². The third-order valence-electron chi connectivity index (χ3n) is 9.46. The second-order valence-corrected chi connectivity index (χ2v) is 13.0. The molecule has 8 heteroatoms. The lowest BCUT2D eigenvalue weighted by atomic mass is 9.73. The Morgan fingerprint density at radius 1 is 1.15 bits per heavy atom. The van der Waals surface area contributed by atoms with Gasteiger partial charge in [-0.3, -0.25) is 4.79 Å². The van der Waals surface area contributed by atoms with Crippen LogP contribution in [0.1, 0.15) is 96.0 Å². The van der Waals surface area contributed by atoms with Gasteiger partial charge in [-0.15, -0.1) is 9.24 Å². The van der Waals surface area contributed by atoms with Gasteiger partial charge in [-0.1, -0.05) is 40.2 Å². The molecule has 1 fully saturated rings. The molecule has 2 aliphatic carbocycles. The van der Waals surface area contributed by atoms with Gasteiger partial charge < -0.3 is 10.6 Å². The van der Waals surface area contributed by atoms with E-state index in [0.29, 0.717) is 18.1 Å². The van der Waals surface area contributed by atoms with E-state index in [9.17, 15) is 4.79 Å². The zero-order chi connectivity index (χ0) is 28.8. The lowest BCUT2D eigenvalue weighted by Crippen LogP contribution is -2.27. The molecule has 5 rings (SSSR count). The van der Waals surface area contributed by atoms with Crippen LogP contribution in [0.4, 0.5) is 11.6 Å². The van der Waals surface area contributed by atoms with Crippen LogP contribution in [0.15, 0.2) is 22.9 Å². The van der Waals surface area contributed by atoms with Crippen molar-refractivity contribution in [1.82, 2.24) is 20.3 Å². The van der Waals surface area contributed by atoms with Crippen molar-refractivity contribution in [3.05, 3.63) is 50.6 Å². The molecule has 6 nitrogen and oxygen atoms in total. The number of rotatable bonds is 9. The Hall–Kier alpha value is -2.14. The van der Waals surface area contributed by atoms with E-state index in [1.165, 1.54) is 40.7 Å². The maximum Gasteiger partial charge on any atom is 0.224 e. The van der Waals surface area contributed by atoms with Gasteiger partial charge in [-0.25, -0.2) is 15.0 Å². The van der Waals surface area contributed by atoms with E-state index in [1.807, 2.05) is 6.20 Å². The Morgan fingerprint density at radius 3 is 2.55 bits per heavy atom. The molecule has 0 saturated heterocycles. The molecule has 1 saturated carbocycles. The molecule has 0 spiro atoms. The van der Waals surface area contributed by atoms with E-state index >= 15 is 0 Å². The van der Waals surface area contributed by atoms with Crippen LogP contribution in [-0.4, -0.2) is 27.3 Å². The number of halogens is 1. The zero-order valence-electron chi connectivity index (χ0n) is 24.8. The number of hydrogen-bond acceptors (Lipinski definition) is 6. The van der Waals surface area contributed by atoms with Crippen molar-refractivity contribution in [2.45, 2.75) is 93.0 Å². The number of anilines is 2. The van der Waals surface area contributed by atoms with Crippen molar-refractivity contribution >= 4 is 49.1 Å². The molecule has 2 aromatic heterocycles. The number of nitrogens with one attached hydrogen (secondary N) is 2. The Balaban J connectivity index is 1.67. The largest absolute Gasteiger partial charge is 0.324 e. The van der Waals surface area contributed by atoms with E-state index in [-0.39, 0.29) is 22.5 Å². The van der Waals surface area contributed by atoms with Gasteiger partial charge in [0.2, 0.25) is 5.28 Å². The summed E-state index contributed by atoms with van der Waals surface area (Å²) in [5, 5.41) is 8.17. The maximum atomic E-state index is 14.1. The van der Waals surface area contributed by atoms with Crippen LogP contribution in [0.25, 0.3) is 5.57 Å². The van der Waals surface area contributed by atoms with E-state index < -0.39 is 0 Å². The second kappa shape index (κ2) is 11.6. The van der Waals surface area contributed by atoms with Crippen LogP contribution in [0.5, 0.6) is 0 Å². The minimum Gasteiger partial charge on any atom is -0.324 e. The first-order chi connectivity index (χ1) is 19.1. The SMILES string of the molecule is CCC(C)C(=O)/C(C1=C(C(C)C)c2c(cnc(Nc3nc(Cl)nc4c3CNCC4)c2P)CC1)=C(/C)C1(CC)CC1. The molecule has 3 heterocycles. The van der Waals surface area contributed by atoms with Gasteiger partial charge in [-0.2, -0.15) is 0 Å². The van der Waals surface area contributed by atoms with E-state index in [0.717, 1.165) is 66.6 Å². The minimum atomic E-state index is 0.00681. The number of aryl methyl sites for hydroxylation is 1. The molecule has 214 valence electrons. The number of carbonyl (C=O) groups is 1. The predicted molar refractivity (Wildman–Crippen MR) is 169 cm³/mol. The normalized spacial score (nSPS) is 19.1. The van der Waals surface area contributed by atoms with Crippen LogP contribution in [-0.2, 0) is 24.2 Å². The lowest BCUT2D eigenvalue weighted by Gasteiger charge is -2.32. The summed E-state index contributed by atoms with van der Waals surface area (Å²) in [6.07, 6.45) is 8.86. The van der Waals surface area contributed by atoms with Crippen LogP contribution in [0.3, 0.4) is 0 Å². The highest BCUT2D eigenvalue weighted by Crippen LogP contribution is 2.57. The average molecular weight is 580 g/mol. The quantitative estimate of drug-likeness (QED) is 0.191. The summed E-state index contributed by atoms with van der Waals surface area (Å²) in [5.74, 6) is 2.01. The topological polar surface area (TPSA) is 79.8 Å². The first-order valence-corrected chi connectivity index (χ1v) is 15.9. The Kier molecular flexibility index (Phi) is 8.53. The third-order valence-corrected chi connectivity index (χ3v) is 10.2. The predicted octanol–water partition coefficient (Wildman–Crippen LogP) is 6.89. The van der Waals surface area contributed by atoms with Gasteiger partial charge >= 0.3 is 0 Å². The molecule has 2 N–H and O–H groups in total. The average Bonchev–Trinajstić information content (AvgIpc) is 3.75. The fraction of sp³-hybridized carbons (Fsp3) is 0.562. The lowest BCUT2D eigenvalue weighted by molar-refractivity contribution is -0.118. The molecule has 3 aliphatic rings. The summed E-state index contributed by atoms with van der Waals surface area (Å²) in [4.78, 5) is 27.9. The number of hydrogen-bond donors (Lipinski definition) is 2. The van der Waals surface area contributed by atoms with Crippen LogP contribution >= 0.6 is 20.8 Å². The van der Waals surface area contributed by atoms with Crippen molar-refractivity contribution in [2.24, 2.45) is 17.3 Å². The van der Waals surface area contributed by atoms with Gasteiger partial charge in [-0.05, 0) is 90.7 Å². The summed E-state index contributed by atoms with van der Waals surface area (Å²) in [6, 6.07) is 0. The van der Waals surface area contributed by atoms with Crippen molar-refractivity contribution < 1.29 is 4.79 Å². The summed E-state index contributed by atoms with van der Waals surface area (Å²) in [5.41, 5.74) is 9.48. The highest BCUT2D eigenvalue weighted by atomic mass is 35.5. The number of nitrogens with zero attached hydrogens (tertiary/aromatic N) is 3. The summed E-state index contributed by atoms with van der Waals surface area (Å²) >= 11 is 6.32. The number of allylic oxidation sites excluding steroid dienone is 4. The zero-order valence-corrected chi connectivity index (χ0v) is 26.7. The molecule has 2 unspecified atom stereocenters. The molecule has 40 heavy (non-hydrogen) atoms. The van der Waals surface area contributed by atoms with Gasteiger partial charge in [0.25, 0.3) is 0 Å². The van der Waals surface area contributed by atoms with Crippen LogP contribution in [0.2, 0.25) is 5.28 Å². The van der Waals surface area contributed by atoms with Crippen molar-refractivity contribution in [1.29, 1.82) is 0 Å². The molecule has 2 atom stereocenters. The monoisotopic (exact) mass is 579 g/mol. The molecular formula is C32H43ClN5OP. The Morgan fingerprint density at radius 2 is 1.90 bits per heavy atom. The number of aromatic nitrogens is 3. The van der Waals surface area contributed by atoms with Crippen LogP contribution in [0, 0.1) is 17.3 Å². The van der Waals surface area contributed by atoms with Gasteiger partial charge in [0.15, 0.2) is 5.78 Å². The molecule has 0 bridgehead atoms. The molecule has 1 aliphatic heterocycles. The first kappa shape index (κ1) is 29.4. The Bertz CT molecular complexity index is 1410. The second-order valence-electron chi connectivity index (χ2n) is 12.1. The van der Waals surface area contributed by atoms with Gasteiger partial charge in [0.05, 0.1) is 5.69 Å².